The predicted molar refractivity (Wildman–Crippen MR) is 303 cm³/mol. The highest BCUT2D eigenvalue weighted by Gasteiger charge is 2.18. The second kappa shape index (κ2) is 20.4. The average molecular weight is 901 g/mol. The molecule has 9 aromatic carbocycles. The van der Waals surface area contributed by atoms with Crippen LogP contribution in [0.25, 0.3) is 83.7 Å². The number of allylic oxidation sites excluding steroid dienone is 7. The molecule has 338 valence electrons. The molecule has 11 rings (SSSR count). The Bertz CT molecular complexity index is 3570. The van der Waals surface area contributed by atoms with Crippen LogP contribution in [-0.2, 0) is 12.8 Å². The van der Waals surface area contributed by atoms with Crippen LogP contribution in [0.4, 0.5) is 11.4 Å². The molecule has 1 aliphatic carbocycles. The second-order valence-electron chi connectivity index (χ2n) is 18.2. The van der Waals surface area contributed by atoms with E-state index in [0.717, 1.165) is 32.2 Å². The highest BCUT2D eigenvalue weighted by Crippen LogP contribution is 2.38. The minimum atomic E-state index is 0.788. The molecule has 0 radical (unpaired) electrons. The summed E-state index contributed by atoms with van der Waals surface area (Å²) >= 11 is 0. The van der Waals surface area contributed by atoms with Crippen molar-refractivity contribution in [2.45, 2.75) is 32.6 Å². The van der Waals surface area contributed by atoms with Gasteiger partial charge >= 0.3 is 0 Å². The van der Waals surface area contributed by atoms with Gasteiger partial charge in [-0.3, -0.25) is 0 Å². The number of hydrogen-bond acceptors (Lipinski definition) is 1. The number of rotatable bonds is 13. The minimum Gasteiger partial charge on any atom is -0.338 e. The van der Waals surface area contributed by atoms with Crippen LogP contribution in [0.15, 0.2) is 249 Å². The lowest BCUT2D eigenvalue weighted by Gasteiger charge is -2.23. The van der Waals surface area contributed by atoms with E-state index >= 15 is 0 Å². The van der Waals surface area contributed by atoms with E-state index in [1.807, 2.05) is 0 Å². The summed E-state index contributed by atoms with van der Waals surface area (Å²) in [6.07, 6.45) is 24.4. The second-order valence-corrected chi connectivity index (χ2v) is 18.2. The maximum atomic E-state index is 2.53. The topological polar surface area (TPSA) is 8.17 Å². The molecule has 0 spiro atoms. The molecule has 0 aliphatic heterocycles. The molecule has 1 aliphatic rings. The first-order valence-corrected chi connectivity index (χ1v) is 24.8. The average Bonchev–Trinajstić information content (AvgIpc) is 3.72. The van der Waals surface area contributed by atoms with Gasteiger partial charge in [-0.1, -0.05) is 201 Å². The van der Waals surface area contributed by atoms with Crippen LogP contribution in [0.3, 0.4) is 0 Å². The van der Waals surface area contributed by atoms with Crippen LogP contribution in [0.2, 0.25) is 0 Å². The molecule has 1 heterocycles. The van der Waals surface area contributed by atoms with Gasteiger partial charge in [0.1, 0.15) is 0 Å². The highest BCUT2D eigenvalue weighted by atomic mass is 15.1. The Kier molecular flexibility index (Phi) is 12.9. The smallest absolute Gasteiger partial charge is 0.0540 e. The van der Waals surface area contributed by atoms with Crippen molar-refractivity contribution in [3.8, 4) is 33.4 Å². The van der Waals surface area contributed by atoms with E-state index in [2.05, 4.69) is 277 Å². The fourth-order valence-electron chi connectivity index (χ4n) is 10.2. The van der Waals surface area contributed by atoms with Gasteiger partial charge in [0.2, 0.25) is 0 Å². The zero-order chi connectivity index (χ0) is 47.1. The molecule has 2 nitrogen and oxygen atoms in total. The molecule has 0 saturated carbocycles. The van der Waals surface area contributed by atoms with E-state index in [4.69, 9.17) is 0 Å². The van der Waals surface area contributed by atoms with Crippen molar-refractivity contribution in [3.05, 3.63) is 271 Å². The lowest BCUT2D eigenvalue weighted by Crippen LogP contribution is -2.16. The van der Waals surface area contributed by atoms with Crippen LogP contribution in [-0.4, -0.2) is 11.1 Å². The van der Waals surface area contributed by atoms with Crippen molar-refractivity contribution in [2.24, 2.45) is 0 Å². The van der Waals surface area contributed by atoms with Gasteiger partial charge in [-0.05, 0) is 164 Å². The Balaban J connectivity index is 0.875. The number of para-hydroxylation sites is 2. The van der Waals surface area contributed by atoms with E-state index in [9.17, 15) is 0 Å². The van der Waals surface area contributed by atoms with Gasteiger partial charge in [-0.15, -0.1) is 0 Å². The van der Waals surface area contributed by atoms with Crippen molar-refractivity contribution >= 4 is 61.7 Å². The molecule has 0 unspecified atom stereocenters. The van der Waals surface area contributed by atoms with Crippen LogP contribution in [0.1, 0.15) is 42.1 Å². The third-order valence-corrected chi connectivity index (χ3v) is 13.7. The largest absolute Gasteiger partial charge is 0.338 e. The Morgan fingerprint density at radius 2 is 1.01 bits per heavy atom. The van der Waals surface area contributed by atoms with Crippen LogP contribution in [0, 0.1) is 0 Å². The first-order chi connectivity index (χ1) is 34.7. The minimum absolute atomic E-state index is 0.788. The van der Waals surface area contributed by atoms with E-state index in [0.29, 0.717) is 0 Å². The first kappa shape index (κ1) is 44.1. The number of aromatic nitrogens is 1. The summed E-state index contributed by atoms with van der Waals surface area (Å²) in [6, 6.07) is 75.1. The van der Waals surface area contributed by atoms with Gasteiger partial charge in [0.15, 0.2) is 0 Å². The van der Waals surface area contributed by atoms with Gasteiger partial charge in [0.25, 0.3) is 0 Å². The summed E-state index contributed by atoms with van der Waals surface area (Å²) in [6.45, 7) is 3.09. The zero-order valence-electron chi connectivity index (χ0n) is 39.8. The Morgan fingerprint density at radius 3 is 1.67 bits per heavy atom. The molecule has 0 bridgehead atoms. The van der Waals surface area contributed by atoms with Crippen LogP contribution in [0.5, 0.6) is 0 Å². The summed E-state index contributed by atoms with van der Waals surface area (Å²) in [5.41, 5.74) is 17.4. The molecular formula is C68H56N2. The number of anilines is 2. The Labute approximate surface area is 412 Å². The summed E-state index contributed by atoms with van der Waals surface area (Å²) in [5, 5.41) is 6.25. The third-order valence-electron chi connectivity index (χ3n) is 13.7. The maximum Gasteiger partial charge on any atom is 0.0540 e. The molecule has 2 heteroatoms. The zero-order valence-corrected chi connectivity index (χ0v) is 39.8. The van der Waals surface area contributed by atoms with Crippen molar-refractivity contribution < 1.29 is 0 Å². The first-order valence-electron chi connectivity index (χ1n) is 24.8. The van der Waals surface area contributed by atoms with E-state index < -0.39 is 0 Å². The molecule has 0 fully saturated rings. The van der Waals surface area contributed by atoms with Crippen LogP contribution < -0.4 is 4.90 Å². The fraction of sp³-hybridized carbons (Fsp3) is 0.0882. The standard InChI is InChI=1S/C68H56N2/c1-2-67-63(32-20-21-43-69(60-26-16-8-17-27-60)61-28-18-9-19-29-61)64-42-36-51(45-68(64)70(67)62-30-14-4-3-5-15-31-62)34-33-50-35-37-55-46-56(39-38-54(55)44-50)57-40-41-58-48-65(52-22-10-6-11-23-52)66(49-59(58)47-57)53-24-12-7-13-25-53/h3-4,6-13,15-31,33-42,44-49H,2,5,14,32,43H2,1H3/b4-3-,21-20-,31-15-,34-33+,62-30?. The van der Waals surface area contributed by atoms with Crippen molar-refractivity contribution in [2.75, 3.05) is 11.4 Å². The monoisotopic (exact) mass is 900 g/mol. The maximum absolute atomic E-state index is 2.53. The van der Waals surface area contributed by atoms with Crippen molar-refractivity contribution in [1.29, 1.82) is 0 Å². The molecular weight excluding hydrogens is 845 g/mol. The third kappa shape index (κ3) is 9.37. The van der Waals surface area contributed by atoms with Crippen molar-refractivity contribution in [1.82, 2.24) is 4.57 Å². The number of nitrogens with zero attached hydrogens (tertiary/aromatic N) is 2. The molecule has 10 aromatic rings. The normalized spacial score (nSPS) is 13.8. The van der Waals surface area contributed by atoms with Gasteiger partial charge in [-0.25, -0.2) is 0 Å². The summed E-state index contributed by atoms with van der Waals surface area (Å²) < 4.78 is 2.53. The SMILES string of the molecule is CCc1c(C/C=C\CN(c2ccccc2)c2ccccc2)c2ccc(/C=C/c3ccc4cc(-c5ccc6cc(-c7ccccc7)c(-c7ccccc7)cc6c5)ccc4c3)cc2n1C1=CC/C=C\C/C=C\1. The van der Waals surface area contributed by atoms with Crippen LogP contribution >= 0.6 is 0 Å². The quantitative estimate of drug-likeness (QED) is 0.0827. The van der Waals surface area contributed by atoms with Gasteiger partial charge < -0.3 is 9.47 Å². The summed E-state index contributed by atoms with van der Waals surface area (Å²) in [4.78, 5) is 2.37. The molecule has 0 saturated heterocycles. The molecule has 0 amide bonds. The lowest BCUT2D eigenvalue weighted by atomic mass is 9.90. The number of fused-ring (bicyclic) bond motifs is 3. The van der Waals surface area contributed by atoms with E-state index in [1.165, 1.54) is 105 Å². The highest BCUT2D eigenvalue weighted by molar-refractivity contribution is 5.99. The number of hydrogen-bond donors (Lipinski definition) is 0. The summed E-state index contributed by atoms with van der Waals surface area (Å²) in [7, 11) is 0. The Morgan fingerprint density at radius 1 is 0.471 bits per heavy atom. The molecule has 0 atom stereocenters. The van der Waals surface area contributed by atoms with E-state index in [-0.39, 0.29) is 0 Å². The molecule has 1 aromatic heterocycles. The van der Waals surface area contributed by atoms with Gasteiger partial charge in [-0.2, -0.15) is 0 Å². The predicted octanol–water partition coefficient (Wildman–Crippen LogP) is 18.4. The Hall–Kier alpha value is -8.46. The lowest BCUT2D eigenvalue weighted by molar-refractivity contribution is 0.951. The fourth-order valence-corrected chi connectivity index (χ4v) is 10.2. The summed E-state index contributed by atoms with van der Waals surface area (Å²) in [5.74, 6) is 0. The molecule has 70 heavy (non-hydrogen) atoms. The van der Waals surface area contributed by atoms with E-state index in [1.54, 1.807) is 0 Å². The van der Waals surface area contributed by atoms with Gasteiger partial charge in [0, 0.05) is 34.7 Å². The van der Waals surface area contributed by atoms with Gasteiger partial charge in [0.05, 0.1) is 5.52 Å². The van der Waals surface area contributed by atoms with Crippen molar-refractivity contribution in [3.63, 3.8) is 0 Å². The number of benzene rings is 9. The molecule has 0 N–H and O–H groups in total.